The Bertz CT molecular complexity index is 772. The van der Waals surface area contributed by atoms with Gasteiger partial charge in [0, 0.05) is 10.6 Å². The highest BCUT2D eigenvalue weighted by Gasteiger charge is 2.14. The van der Waals surface area contributed by atoms with Crippen LogP contribution in [0.3, 0.4) is 0 Å². The van der Waals surface area contributed by atoms with E-state index in [1.165, 1.54) is 6.07 Å². The van der Waals surface area contributed by atoms with E-state index in [4.69, 9.17) is 21.5 Å². The van der Waals surface area contributed by atoms with Crippen molar-refractivity contribution in [1.29, 1.82) is 0 Å². The van der Waals surface area contributed by atoms with E-state index in [1.54, 1.807) is 26.0 Å². The number of nitrogens with two attached hydrogens (primary N) is 1. The molecule has 4 nitrogen and oxygen atoms in total. The van der Waals surface area contributed by atoms with Crippen LogP contribution < -0.4 is 9.88 Å². The molecule has 0 saturated heterocycles. The summed E-state index contributed by atoms with van der Waals surface area (Å²) in [5.41, 5.74) is 2.13. The van der Waals surface area contributed by atoms with Gasteiger partial charge in [-0.15, -0.1) is 0 Å². The Labute approximate surface area is 129 Å². The summed E-state index contributed by atoms with van der Waals surface area (Å²) in [6, 6.07) is 10.6. The second kappa shape index (κ2) is 6.05. The smallest absolute Gasteiger partial charge is 0.238 e. The second-order valence-electron chi connectivity index (χ2n) is 4.81. The van der Waals surface area contributed by atoms with Crippen LogP contribution in [0.1, 0.15) is 16.7 Å². The molecule has 2 aromatic carbocycles. The van der Waals surface area contributed by atoms with Crippen LogP contribution in [0.4, 0.5) is 0 Å². The van der Waals surface area contributed by atoms with Gasteiger partial charge in [0.1, 0.15) is 12.4 Å². The molecule has 0 atom stereocenters. The summed E-state index contributed by atoms with van der Waals surface area (Å²) < 4.78 is 28.7. The van der Waals surface area contributed by atoms with E-state index in [0.29, 0.717) is 28.5 Å². The van der Waals surface area contributed by atoms with Crippen molar-refractivity contribution >= 4 is 21.6 Å². The minimum Gasteiger partial charge on any atom is -0.489 e. The molecule has 0 heterocycles. The van der Waals surface area contributed by atoms with Gasteiger partial charge in [-0.05, 0) is 43.2 Å². The number of primary sulfonamides is 1. The molecule has 2 aromatic rings. The molecule has 0 aliphatic rings. The first-order chi connectivity index (χ1) is 9.79. The van der Waals surface area contributed by atoms with Gasteiger partial charge in [0.2, 0.25) is 10.0 Å². The maximum Gasteiger partial charge on any atom is 0.238 e. The summed E-state index contributed by atoms with van der Waals surface area (Å²) >= 11 is 6.07. The molecule has 0 fully saturated rings. The molecule has 2 N–H and O–H groups in total. The van der Waals surface area contributed by atoms with Crippen molar-refractivity contribution < 1.29 is 13.2 Å². The van der Waals surface area contributed by atoms with Gasteiger partial charge < -0.3 is 4.74 Å². The summed E-state index contributed by atoms with van der Waals surface area (Å²) in [7, 11) is -3.72. The first kappa shape index (κ1) is 15.8. The third-order valence-corrected chi connectivity index (χ3v) is 4.54. The van der Waals surface area contributed by atoms with E-state index in [1.807, 2.05) is 18.2 Å². The van der Waals surface area contributed by atoms with Gasteiger partial charge in [-0.3, -0.25) is 0 Å². The minimum absolute atomic E-state index is 0.116. The number of ether oxygens (including phenoxy) is 1. The summed E-state index contributed by atoms with van der Waals surface area (Å²) in [4.78, 5) is 0.116. The summed E-state index contributed by atoms with van der Waals surface area (Å²) in [5, 5.41) is 5.81. The van der Waals surface area contributed by atoms with Crippen LogP contribution in [0.25, 0.3) is 0 Å². The molecule has 112 valence electrons. The van der Waals surface area contributed by atoms with Crippen molar-refractivity contribution in [3.05, 3.63) is 58.1 Å². The topological polar surface area (TPSA) is 69.4 Å². The fourth-order valence-corrected chi connectivity index (χ4v) is 3.04. The quantitative estimate of drug-likeness (QED) is 0.938. The van der Waals surface area contributed by atoms with Crippen molar-refractivity contribution in [2.45, 2.75) is 25.3 Å². The Morgan fingerprint density at radius 3 is 2.43 bits per heavy atom. The van der Waals surface area contributed by atoms with E-state index < -0.39 is 10.0 Å². The third kappa shape index (κ3) is 3.75. The maximum atomic E-state index is 11.5. The fourth-order valence-electron chi connectivity index (χ4n) is 2.00. The first-order valence-electron chi connectivity index (χ1n) is 6.29. The molecule has 0 amide bonds. The van der Waals surface area contributed by atoms with Crippen molar-refractivity contribution in [3.63, 3.8) is 0 Å². The highest BCUT2D eigenvalue weighted by Crippen LogP contribution is 2.26. The molecule has 0 aliphatic heterocycles. The molecule has 2 rings (SSSR count). The largest absolute Gasteiger partial charge is 0.489 e. The van der Waals surface area contributed by atoms with Crippen LogP contribution in [-0.2, 0) is 16.6 Å². The molecular formula is C15H16ClNO3S. The van der Waals surface area contributed by atoms with Crippen molar-refractivity contribution in [3.8, 4) is 5.75 Å². The minimum atomic E-state index is -3.72. The van der Waals surface area contributed by atoms with Gasteiger partial charge in [0.05, 0.1) is 4.90 Å². The predicted octanol–water partition coefficient (Wildman–Crippen LogP) is 3.18. The molecule has 0 aliphatic carbocycles. The van der Waals surface area contributed by atoms with E-state index in [0.717, 1.165) is 5.56 Å². The van der Waals surface area contributed by atoms with Gasteiger partial charge in [-0.2, -0.15) is 0 Å². The fraction of sp³-hybridized carbons (Fsp3) is 0.200. The van der Waals surface area contributed by atoms with Crippen LogP contribution in [0, 0.1) is 13.8 Å². The third-order valence-electron chi connectivity index (χ3n) is 3.12. The Kier molecular flexibility index (Phi) is 4.56. The normalized spacial score (nSPS) is 11.4. The second-order valence-corrected chi connectivity index (χ2v) is 6.75. The molecule has 6 heteroatoms. The number of hydrogen-bond donors (Lipinski definition) is 1. The molecule has 0 aromatic heterocycles. The summed E-state index contributed by atoms with van der Waals surface area (Å²) in [6.45, 7) is 3.77. The predicted molar refractivity (Wildman–Crippen MR) is 83.1 cm³/mol. The molecule has 0 spiro atoms. The van der Waals surface area contributed by atoms with Gasteiger partial charge in [0.25, 0.3) is 0 Å². The lowest BCUT2D eigenvalue weighted by Gasteiger charge is -2.13. The van der Waals surface area contributed by atoms with E-state index in [9.17, 15) is 8.42 Å². The zero-order valence-electron chi connectivity index (χ0n) is 11.8. The Balaban J connectivity index is 2.26. The number of halogens is 1. The number of sulfonamides is 1. The monoisotopic (exact) mass is 325 g/mol. The Hall–Kier alpha value is -1.56. The van der Waals surface area contributed by atoms with E-state index >= 15 is 0 Å². The van der Waals surface area contributed by atoms with Crippen LogP contribution in [0.5, 0.6) is 5.75 Å². The lowest BCUT2D eigenvalue weighted by molar-refractivity contribution is 0.303. The standard InChI is InChI=1S/C15H16ClNO3S/c1-10-8-15(21(17,18)19)11(2)7-14(10)20-9-12-5-3-4-6-13(12)16/h3-8H,9H2,1-2H3,(H2,17,18,19). The average molecular weight is 326 g/mol. The Morgan fingerprint density at radius 2 is 1.81 bits per heavy atom. The summed E-state index contributed by atoms with van der Waals surface area (Å²) in [6.07, 6.45) is 0. The number of aryl methyl sites for hydroxylation is 2. The molecule has 21 heavy (non-hydrogen) atoms. The Morgan fingerprint density at radius 1 is 1.14 bits per heavy atom. The first-order valence-corrected chi connectivity index (χ1v) is 8.21. The molecular weight excluding hydrogens is 310 g/mol. The zero-order valence-corrected chi connectivity index (χ0v) is 13.3. The van der Waals surface area contributed by atoms with Gasteiger partial charge >= 0.3 is 0 Å². The van der Waals surface area contributed by atoms with Crippen LogP contribution in [-0.4, -0.2) is 8.42 Å². The lowest BCUT2D eigenvalue weighted by Crippen LogP contribution is -2.14. The van der Waals surface area contributed by atoms with Crippen molar-refractivity contribution in [2.24, 2.45) is 5.14 Å². The van der Waals surface area contributed by atoms with Crippen LogP contribution in [0.2, 0.25) is 5.02 Å². The molecule has 0 unspecified atom stereocenters. The average Bonchev–Trinajstić information content (AvgIpc) is 2.39. The highest BCUT2D eigenvalue weighted by atomic mass is 35.5. The molecule has 0 bridgehead atoms. The van der Waals surface area contributed by atoms with Crippen molar-refractivity contribution in [2.75, 3.05) is 0 Å². The van der Waals surface area contributed by atoms with Gasteiger partial charge in [-0.1, -0.05) is 29.8 Å². The van der Waals surface area contributed by atoms with Crippen LogP contribution >= 0.6 is 11.6 Å². The number of benzene rings is 2. The van der Waals surface area contributed by atoms with Crippen molar-refractivity contribution in [1.82, 2.24) is 0 Å². The number of hydrogen-bond acceptors (Lipinski definition) is 3. The zero-order chi connectivity index (χ0) is 15.6. The SMILES string of the molecule is Cc1cc(S(N)(=O)=O)c(C)cc1OCc1ccccc1Cl. The van der Waals surface area contributed by atoms with Gasteiger partial charge in [0.15, 0.2) is 0 Å². The number of rotatable bonds is 4. The van der Waals surface area contributed by atoms with Crippen LogP contribution in [0.15, 0.2) is 41.3 Å². The van der Waals surface area contributed by atoms with E-state index in [2.05, 4.69) is 0 Å². The maximum absolute atomic E-state index is 11.5. The lowest BCUT2D eigenvalue weighted by atomic mass is 10.1. The molecule has 0 radical (unpaired) electrons. The summed E-state index contributed by atoms with van der Waals surface area (Å²) in [5.74, 6) is 0.611. The molecule has 0 saturated carbocycles. The van der Waals surface area contributed by atoms with E-state index in [-0.39, 0.29) is 4.90 Å². The highest BCUT2D eigenvalue weighted by molar-refractivity contribution is 7.89. The van der Waals surface area contributed by atoms with Gasteiger partial charge in [-0.25, -0.2) is 13.6 Å².